The van der Waals surface area contributed by atoms with Gasteiger partial charge in [-0.2, -0.15) is 8.61 Å². The van der Waals surface area contributed by atoms with Gasteiger partial charge in [0.15, 0.2) is 5.58 Å². The van der Waals surface area contributed by atoms with E-state index >= 15 is 0 Å². The molecule has 0 radical (unpaired) electrons. The summed E-state index contributed by atoms with van der Waals surface area (Å²) < 4.78 is 60.8. The normalized spacial score (nSPS) is 15.5. The highest BCUT2D eigenvalue weighted by molar-refractivity contribution is 7.99. The maximum atomic E-state index is 13.3. The van der Waals surface area contributed by atoms with Crippen LogP contribution in [0.2, 0.25) is 0 Å². The summed E-state index contributed by atoms with van der Waals surface area (Å²) in [5.74, 6) is -0.381. The third-order valence-corrected chi connectivity index (χ3v) is 11.6. The second-order valence-corrected chi connectivity index (χ2v) is 14.1. The molecule has 0 bridgehead atoms. The molecule has 0 spiro atoms. The average molecular weight is 595 g/mol. The Labute approximate surface area is 234 Å². The molecule has 1 aliphatic heterocycles. The number of benzene rings is 2. The Morgan fingerprint density at radius 1 is 1.03 bits per heavy atom. The number of anilines is 1. The molecule has 0 unspecified atom stereocenters. The molecule has 10 nitrogen and oxygen atoms in total. The van der Waals surface area contributed by atoms with Crippen molar-refractivity contribution >= 4 is 54.5 Å². The summed E-state index contributed by atoms with van der Waals surface area (Å²) >= 11 is 1.06. The fourth-order valence-corrected chi connectivity index (χ4v) is 8.41. The molecule has 4 rings (SSSR count). The summed E-state index contributed by atoms with van der Waals surface area (Å²) in [4.78, 5) is 17.3. The van der Waals surface area contributed by atoms with Crippen LogP contribution < -0.4 is 5.32 Å². The lowest BCUT2D eigenvalue weighted by molar-refractivity contribution is -0.113. The van der Waals surface area contributed by atoms with Crippen LogP contribution in [0.5, 0.6) is 0 Å². The van der Waals surface area contributed by atoms with Crippen molar-refractivity contribution in [1.82, 2.24) is 13.6 Å². The highest BCUT2D eigenvalue weighted by atomic mass is 32.2. The van der Waals surface area contributed by atoms with Gasteiger partial charge in [0.2, 0.25) is 26.0 Å². The van der Waals surface area contributed by atoms with Gasteiger partial charge in [0, 0.05) is 31.9 Å². The number of carbonyl (C=O) groups excluding carboxylic acids is 1. The molecular formula is C26H34N4O6S3. The lowest BCUT2D eigenvalue weighted by atomic mass is 10.2. The molecule has 1 N–H and O–H groups in total. The maximum absolute atomic E-state index is 13.3. The van der Waals surface area contributed by atoms with E-state index in [2.05, 4.69) is 10.3 Å². The third kappa shape index (κ3) is 6.65. The topological polar surface area (TPSA) is 130 Å². The minimum atomic E-state index is -3.66. The molecule has 0 aliphatic carbocycles. The van der Waals surface area contributed by atoms with E-state index in [1.807, 2.05) is 0 Å². The van der Waals surface area contributed by atoms with E-state index in [-0.39, 0.29) is 26.7 Å². The Morgan fingerprint density at radius 3 is 2.38 bits per heavy atom. The minimum absolute atomic E-state index is 0.0283. The maximum Gasteiger partial charge on any atom is 0.257 e. The fraction of sp³-hybridized carbons (Fsp3) is 0.462. The van der Waals surface area contributed by atoms with Gasteiger partial charge in [0.05, 0.1) is 15.5 Å². The van der Waals surface area contributed by atoms with Crippen molar-refractivity contribution < 1.29 is 26.0 Å². The van der Waals surface area contributed by atoms with Crippen molar-refractivity contribution in [1.29, 1.82) is 0 Å². The lowest BCUT2D eigenvalue weighted by Gasteiger charge is -2.21. The number of aromatic nitrogens is 1. The smallest absolute Gasteiger partial charge is 0.257 e. The monoisotopic (exact) mass is 594 g/mol. The molecule has 0 saturated carbocycles. The fourth-order valence-electron chi connectivity index (χ4n) is 4.52. The highest BCUT2D eigenvalue weighted by Gasteiger charge is 2.27. The van der Waals surface area contributed by atoms with Gasteiger partial charge in [0.25, 0.3) is 5.22 Å². The first-order valence-electron chi connectivity index (χ1n) is 13.0. The van der Waals surface area contributed by atoms with E-state index in [1.165, 1.54) is 26.8 Å². The number of nitrogens with zero attached hydrogens (tertiary/aromatic N) is 3. The van der Waals surface area contributed by atoms with E-state index in [4.69, 9.17) is 4.42 Å². The van der Waals surface area contributed by atoms with E-state index < -0.39 is 20.0 Å². The van der Waals surface area contributed by atoms with Crippen LogP contribution in [0.15, 0.2) is 55.8 Å². The van der Waals surface area contributed by atoms with Crippen molar-refractivity contribution in [2.45, 2.75) is 61.5 Å². The first-order valence-corrected chi connectivity index (χ1v) is 16.9. The molecule has 1 amide bonds. The summed E-state index contributed by atoms with van der Waals surface area (Å²) in [7, 11) is -7.30. The number of carbonyl (C=O) groups is 1. The average Bonchev–Trinajstić information content (AvgIpc) is 3.10. The zero-order chi connectivity index (χ0) is 28.2. The zero-order valence-corrected chi connectivity index (χ0v) is 24.8. The van der Waals surface area contributed by atoms with Gasteiger partial charge in [-0.15, -0.1) is 0 Å². The van der Waals surface area contributed by atoms with Crippen molar-refractivity contribution in [3.05, 3.63) is 42.0 Å². The number of hydrogen-bond acceptors (Lipinski definition) is 8. The van der Waals surface area contributed by atoms with Crippen LogP contribution in [0, 0.1) is 6.92 Å². The number of sulfonamides is 2. The Balaban J connectivity index is 1.43. The second-order valence-electron chi connectivity index (χ2n) is 9.33. The van der Waals surface area contributed by atoms with Crippen LogP contribution in [-0.4, -0.2) is 68.3 Å². The molecule has 13 heteroatoms. The van der Waals surface area contributed by atoms with Crippen LogP contribution in [0.1, 0.15) is 45.1 Å². The molecule has 0 atom stereocenters. The zero-order valence-electron chi connectivity index (χ0n) is 22.3. The number of fused-ring (bicyclic) bond motifs is 1. The van der Waals surface area contributed by atoms with Gasteiger partial charge >= 0.3 is 0 Å². The van der Waals surface area contributed by atoms with E-state index in [0.717, 1.165) is 37.4 Å². The van der Waals surface area contributed by atoms with Crippen LogP contribution >= 0.6 is 11.8 Å². The number of oxazole rings is 1. The van der Waals surface area contributed by atoms with E-state index in [0.29, 0.717) is 48.5 Å². The molecule has 3 aromatic rings. The quantitative estimate of drug-likeness (QED) is 0.341. The molecule has 212 valence electrons. The van der Waals surface area contributed by atoms with E-state index in [9.17, 15) is 21.6 Å². The van der Waals surface area contributed by atoms with Crippen molar-refractivity contribution in [2.75, 3.05) is 37.2 Å². The highest BCUT2D eigenvalue weighted by Crippen LogP contribution is 2.28. The predicted molar refractivity (Wildman–Crippen MR) is 152 cm³/mol. The number of aryl methyl sites for hydroxylation is 1. The molecule has 2 heterocycles. The molecule has 1 aromatic heterocycles. The van der Waals surface area contributed by atoms with Crippen molar-refractivity contribution in [3.63, 3.8) is 0 Å². The molecule has 1 saturated heterocycles. The Hall–Kier alpha value is -2.45. The lowest BCUT2D eigenvalue weighted by Crippen LogP contribution is -2.32. The second kappa shape index (κ2) is 12.4. The molecule has 1 fully saturated rings. The third-order valence-electron chi connectivity index (χ3n) is 6.66. The Bertz CT molecular complexity index is 1540. The van der Waals surface area contributed by atoms with Gasteiger partial charge in [-0.3, -0.25) is 4.79 Å². The predicted octanol–water partition coefficient (Wildman–Crippen LogP) is 4.46. The van der Waals surface area contributed by atoms with Crippen molar-refractivity contribution in [3.8, 4) is 0 Å². The van der Waals surface area contributed by atoms with Gasteiger partial charge in [0.1, 0.15) is 5.52 Å². The Morgan fingerprint density at radius 2 is 1.72 bits per heavy atom. The van der Waals surface area contributed by atoms with Gasteiger partial charge in [-0.1, -0.05) is 44.5 Å². The largest absolute Gasteiger partial charge is 0.431 e. The summed E-state index contributed by atoms with van der Waals surface area (Å²) in [6.07, 6.45) is 3.73. The number of amides is 1. The molecule has 1 aliphatic rings. The van der Waals surface area contributed by atoms with Gasteiger partial charge in [-0.25, -0.2) is 21.8 Å². The standard InChI is InChI=1S/C26H34N4O6S3/c1-4-29(5-2)38(32,33)21-12-13-23-22(17-21)28-26(36-23)37-18-25(31)27-20-11-10-19(3)24(16-20)39(34,35)30-14-8-6-7-9-15-30/h10-13,16-17H,4-9,14-15,18H2,1-3H3,(H,27,31). The van der Waals surface area contributed by atoms with Crippen LogP contribution in [-0.2, 0) is 24.8 Å². The number of thioether (sulfide) groups is 1. The van der Waals surface area contributed by atoms with Gasteiger partial charge in [-0.05, 0) is 55.7 Å². The summed E-state index contributed by atoms with van der Waals surface area (Å²) in [6.45, 7) is 7.03. The van der Waals surface area contributed by atoms with Gasteiger partial charge < -0.3 is 9.73 Å². The summed E-state index contributed by atoms with van der Waals surface area (Å²) in [6, 6.07) is 9.39. The van der Waals surface area contributed by atoms with Crippen LogP contribution in [0.3, 0.4) is 0 Å². The Kier molecular flexibility index (Phi) is 9.37. The first kappa shape index (κ1) is 29.5. The molecular weight excluding hydrogens is 561 g/mol. The number of hydrogen-bond donors (Lipinski definition) is 1. The number of rotatable bonds is 10. The summed E-state index contributed by atoms with van der Waals surface area (Å²) in [5, 5.41) is 2.99. The first-order chi connectivity index (χ1) is 18.6. The van der Waals surface area contributed by atoms with Crippen LogP contribution in [0.4, 0.5) is 5.69 Å². The van der Waals surface area contributed by atoms with Crippen LogP contribution in [0.25, 0.3) is 11.1 Å². The molecule has 2 aromatic carbocycles. The SMILES string of the molecule is CCN(CC)S(=O)(=O)c1ccc2oc(SCC(=O)Nc3ccc(C)c(S(=O)(=O)N4CCCCCC4)c3)nc2c1. The number of nitrogens with one attached hydrogen (secondary N) is 1. The summed E-state index contributed by atoms with van der Waals surface area (Å²) in [5.41, 5.74) is 1.82. The van der Waals surface area contributed by atoms with Crippen molar-refractivity contribution in [2.24, 2.45) is 0 Å². The minimum Gasteiger partial charge on any atom is -0.431 e. The molecule has 39 heavy (non-hydrogen) atoms. The van der Waals surface area contributed by atoms with E-state index in [1.54, 1.807) is 39.0 Å².